The fraction of sp³-hybridized carbons (Fsp3) is 0.286. The topological polar surface area (TPSA) is 106 Å². The Labute approximate surface area is 172 Å². The molecular formula is C21H22FN3O5. The van der Waals surface area contributed by atoms with E-state index in [-0.39, 0.29) is 30.0 Å². The van der Waals surface area contributed by atoms with Crippen LogP contribution in [0, 0.1) is 11.7 Å². The molecule has 1 aliphatic heterocycles. The summed E-state index contributed by atoms with van der Waals surface area (Å²) < 4.78 is 24.7. The van der Waals surface area contributed by atoms with Gasteiger partial charge >= 0.3 is 0 Å². The Morgan fingerprint density at radius 3 is 2.43 bits per heavy atom. The van der Waals surface area contributed by atoms with Gasteiger partial charge < -0.3 is 25.4 Å². The largest absolute Gasteiger partial charge is 0.454 e. The first-order valence-electron chi connectivity index (χ1n) is 9.33. The lowest BCUT2D eigenvalue weighted by atomic mass is 10.0. The van der Waals surface area contributed by atoms with E-state index in [2.05, 4.69) is 16.0 Å². The third-order valence-corrected chi connectivity index (χ3v) is 4.42. The minimum absolute atomic E-state index is 0.0945. The molecule has 2 aromatic rings. The first-order chi connectivity index (χ1) is 14.2. The van der Waals surface area contributed by atoms with Crippen LogP contribution in [0.15, 0.2) is 36.4 Å². The van der Waals surface area contributed by atoms with Crippen molar-refractivity contribution in [1.82, 2.24) is 5.32 Å². The number of carbonyl (C=O) groups is 3. The van der Waals surface area contributed by atoms with Crippen LogP contribution in [0.25, 0.3) is 0 Å². The van der Waals surface area contributed by atoms with Gasteiger partial charge in [-0.05, 0) is 42.3 Å². The second-order valence-corrected chi connectivity index (χ2v) is 7.13. The predicted molar refractivity (Wildman–Crippen MR) is 108 cm³/mol. The monoisotopic (exact) mass is 415 g/mol. The zero-order valence-electron chi connectivity index (χ0n) is 16.7. The van der Waals surface area contributed by atoms with Gasteiger partial charge in [-0.1, -0.05) is 13.8 Å². The van der Waals surface area contributed by atoms with Crippen LogP contribution in [-0.4, -0.2) is 30.6 Å². The predicted octanol–water partition coefficient (Wildman–Crippen LogP) is 2.91. The minimum atomic E-state index is -0.825. The standard InChI is InChI=1S/C21H22FN3O5/c1-11(2)19(23-12(3)26)21(28)25-16-9-14(5-6-15(16)22)24-20(27)13-4-7-17-18(8-13)30-10-29-17/h4-9,11,19H,10H2,1-3H3,(H,23,26)(H,24,27)(H,25,28)/t19-/m0/s1. The lowest BCUT2D eigenvalue weighted by Gasteiger charge is -2.21. The molecular weight excluding hydrogens is 393 g/mol. The van der Waals surface area contributed by atoms with Crippen LogP contribution in [0.3, 0.4) is 0 Å². The number of rotatable bonds is 6. The maximum Gasteiger partial charge on any atom is 0.255 e. The molecule has 0 unspecified atom stereocenters. The normalized spacial score (nSPS) is 13.0. The average molecular weight is 415 g/mol. The van der Waals surface area contributed by atoms with Gasteiger partial charge in [0.15, 0.2) is 11.5 Å². The van der Waals surface area contributed by atoms with Gasteiger partial charge in [-0.2, -0.15) is 0 Å². The summed E-state index contributed by atoms with van der Waals surface area (Å²) in [4.78, 5) is 36.3. The van der Waals surface area contributed by atoms with Crippen LogP contribution in [-0.2, 0) is 9.59 Å². The second-order valence-electron chi connectivity index (χ2n) is 7.13. The maximum atomic E-state index is 14.2. The van der Waals surface area contributed by atoms with E-state index in [1.807, 2.05) is 0 Å². The molecule has 8 nitrogen and oxygen atoms in total. The number of hydrogen-bond donors (Lipinski definition) is 3. The van der Waals surface area contributed by atoms with Gasteiger partial charge in [0, 0.05) is 18.2 Å². The average Bonchev–Trinajstić information content (AvgIpc) is 3.16. The van der Waals surface area contributed by atoms with Crippen LogP contribution in [0.4, 0.5) is 15.8 Å². The highest BCUT2D eigenvalue weighted by Crippen LogP contribution is 2.32. The lowest BCUT2D eigenvalue weighted by Crippen LogP contribution is -2.46. The number of benzene rings is 2. The Morgan fingerprint density at radius 2 is 1.73 bits per heavy atom. The highest BCUT2D eigenvalue weighted by atomic mass is 19.1. The quantitative estimate of drug-likeness (QED) is 0.673. The number of hydrogen-bond acceptors (Lipinski definition) is 5. The minimum Gasteiger partial charge on any atom is -0.454 e. The first-order valence-corrected chi connectivity index (χ1v) is 9.33. The number of amides is 3. The van der Waals surface area contributed by atoms with Crippen molar-refractivity contribution >= 4 is 29.1 Å². The van der Waals surface area contributed by atoms with E-state index in [9.17, 15) is 18.8 Å². The van der Waals surface area contributed by atoms with E-state index in [0.717, 1.165) is 6.07 Å². The zero-order chi connectivity index (χ0) is 21.8. The Balaban J connectivity index is 1.74. The molecule has 3 amide bonds. The maximum absolute atomic E-state index is 14.2. The molecule has 1 atom stereocenters. The highest BCUT2D eigenvalue weighted by Gasteiger charge is 2.24. The summed E-state index contributed by atoms with van der Waals surface area (Å²) in [6, 6.07) is 7.75. The van der Waals surface area contributed by atoms with Gasteiger partial charge in [0.2, 0.25) is 18.6 Å². The summed E-state index contributed by atoms with van der Waals surface area (Å²) >= 11 is 0. The molecule has 0 aliphatic carbocycles. The number of carbonyl (C=O) groups excluding carboxylic acids is 3. The van der Waals surface area contributed by atoms with E-state index in [1.54, 1.807) is 32.0 Å². The number of nitrogens with one attached hydrogen (secondary N) is 3. The van der Waals surface area contributed by atoms with Crippen molar-refractivity contribution in [1.29, 1.82) is 0 Å². The van der Waals surface area contributed by atoms with Crippen molar-refractivity contribution in [2.24, 2.45) is 5.92 Å². The van der Waals surface area contributed by atoms with Crippen LogP contribution >= 0.6 is 0 Å². The summed E-state index contributed by atoms with van der Waals surface area (Å²) in [5, 5.41) is 7.66. The van der Waals surface area contributed by atoms with E-state index in [0.29, 0.717) is 17.1 Å². The van der Waals surface area contributed by atoms with Gasteiger partial charge in [-0.15, -0.1) is 0 Å². The Hall–Kier alpha value is -3.62. The molecule has 3 rings (SSSR count). The molecule has 0 spiro atoms. The summed E-state index contributed by atoms with van der Waals surface area (Å²) in [5.74, 6) is -1.21. The number of fused-ring (bicyclic) bond motifs is 1. The molecule has 1 heterocycles. The first kappa shape index (κ1) is 21.1. The molecule has 0 bridgehead atoms. The summed E-state index contributed by atoms with van der Waals surface area (Å²) in [5.41, 5.74) is 0.508. The Morgan fingerprint density at radius 1 is 1.00 bits per heavy atom. The highest BCUT2D eigenvalue weighted by molar-refractivity contribution is 6.05. The van der Waals surface area contributed by atoms with E-state index < -0.39 is 23.7 Å². The van der Waals surface area contributed by atoms with Crippen molar-refractivity contribution in [2.45, 2.75) is 26.8 Å². The summed E-state index contributed by atoms with van der Waals surface area (Å²) in [6.07, 6.45) is 0. The fourth-order valence-electron chi connectivity index (χ4n) is 2.90. The van der Waals surface area contributed by atoms with Crippen molar-refractivity contribution in [2.75, 3.05) is 17.4 Å². The second kappa shape index (κ2) is 8.81. The molecule has 0 saturated heterocycles. The van der Waals surface area contributed by atoms with Gasteiger partial charge in [0.1, 0.15) is 11.9 Å². The fourth-order valence-corrected chi connectivity index (χ4v) is 2.90. The van der Waals surface area contributed by atoms with Crippen molar-refractivity contribution < 1.29 is 28.2 Å². The third-order valence-electron chi connectivity index (χ3n) is 4.42. The van der Waals surface area contributed by atoms with E-state index in [1.165, 1.54) is 19.1 Å². The molecule has 0 saturated carbocycles. The summed E-state index contributed by atoms with van der Waals surface area (Å²) in [7, 11) is 0. The van der Waals surface area contributed by atoms with Crippen LogP contribution in [0.5, 0.6) is 11.5 Å². The van der Waals surface area contributed by atoms with Crippen molar-refractivity contribution in [3.63, 3.8) is 0 Å². The summed E-state index contributed by atoms with van der Waals surface area (Å²) in [6.45, 7) is 4.92. The van der Waals surface area contributed by atoms with Gasteiger partial charge in [-0.25, -0.2) is 4.39 Å². The van der Waals surface area contributed by atoms with Gasteiger partial charge in [0.05, 0.1) is 5.69 Å². The molecule has 0 aromatic heterocycles. The Bertz CT molecular complexity index is 993. The van der Waals surface area contributed by atoms with Gasteiger partial charge in [-0.3, -0.25) is 14.4 Å². The zero-order valence-corrected chi connectivity index (χ0v) is 16.7. The van der Waals surface area contributed by atoms with Crippen molar-refractivity contribution in [3.05, 3.63) is 47.8 Å². The van der Waals surface area contributed by atoms with Crippen LogP contribution < -0.4 is 25.4 Å². The van der Waals surface area contributed by atoms with Crippen LogP contribution in [0.1, 0.15) is 31.1 Å². The molecule has 9 heteroatoms. The lowest BCUT2D eigenvalue weighted by molar-refractivity contribution is -0.126. The SMILES string of the molecule is CC(=O)N[C@H](C(=O)Nc1cc(NC(=O)c2ccc3c(c2)OCO3)ccc1F)C(C)C. The third kappa shape index (κ3) is 4.86. The van der Waals surface area contributed by atoms with Gasteiger partial charge in [0.25, 0.3) is 5.91 Å². The number of anilines is 2. The smallest absolute Gasteiger partial charge is 0.255 e. The molecule has 0 fully saturated rings. The van der Waals surface area contributed by atoms with E-state index >= 15 is 0 Å². The molecule has 158 valence electrons. The molecule has 0 radical (unpaired) electrons. The van der Waals surface area contributed by atoms with Crippen molar-refractivity contribution in [3.8, 4) is 11.5 Å². The number of ether oxygens (including phenoxy) is 2. The molecule has 1 aliphatic rings. The molecule has 2 aromatic carbocycles. The Kier molecular flexibility index (Phi) is 6.20. The van der Waals surface area contributed by atoms with E-state index in [4.69, 9.17) is 9.47 Å². The molecule has 3 N–H and O–H groups in total. The molecule has 30 heavy (non-hydrogen) atoms. The number of halogens is 1. The van der Waals surface area contributed by atoms with Crippen LogP contribution in [0.2, 0.25) is 0 Å².